The summed E-state index contributed by atoms with van der Waals surface area (Å²) < 4.78 is 9.42. The molecule has 0 saturated heterocycles. The molecule has 0 amide bonds. The second-order valence-electron chi connectivity index (χ2n) is 6.33. The van der Waals surface area contributed by atoms with Crippen LogP contribution in [0.2, 0.25) is 0 Å². The van der Waals surface area contributed by atoms with Crippen molar-refractivity contribution in [3.8, 4) is 0 Å². The Kier molecular flexibility index (Phi) is 4.87. The lowest BCUT2D eigenvalue weighted by atomic mass is 9.95. The third-order valence-electron chi connectivity index (χ3n) is 4.57. The van der Waals surface area contributed by atoms with E-state index >= 15 is 0 Å². The van der Waals surface area contributed by atoms with E-state index in [9.17, 15) is 14.4 Å². The van der Waals surface area contributed by atoms with Gasteiger partial charge in [0.2, 0.25) is 0 Å². The van der Waals surface area contributed by atoms with Crippen LogP contribution >= 0.6 is 0 Å². The summed E-state index contributed by atoms with van der Waals surface area (Å²) in [6.07, 6.45) is 8.42. The number of fused-ring (bicyclic) bond motifs is 1. The zero-order chi connectivity index (χ0) is 18.0. The Morgan fingerprint density at radius 1 is 1.32 bits per heavy atom. The van der Waals surface area contributed by atoms with E-state index in [0.717, 1.165) is 19.3 Å². The number of carbonyl (C=O) groups excluding carboxylic acids is 1. The van der Waals surface area contributed by atoms with Gasteiger partial charge in [0.15, 0.2) is 11.2 Å². The van der Waals surface area contributed by atoms with Crippen LogP contribution in [-0.2, 0) is 30.2 Å². The van der Waals surface area contributed by atoms with Crippen molar-refractivity contribution in [2.75, 3.05) is 6.61 Å². The molecule has 0 unspecified atom stereocenters. The molecule has 25 heavy (non-hydrogen) atoms. The van der Waals surface area contributed by atoms with Gasteiger partial charge < -0.3 is 9.30 Å². The van der Waals surface area contributed by atoms with Gasteiger partial charge in [-0.05, 0) is 25.7 Å². The number of hydrogen-bond donors (Lipinski definition) is 0. The van der Waals surface area contributed by atoms with Crippen LogP contribution in [0.5, 0.6) is 0 Å². The van der Waals surface area contributed by atoms with E-state index in [1.54, 1.807) is 18.7 Å². The number of imidazole rings is 1. The van der Waals surface area contributed by atoms with Gasteiger partial charge in [0.25, 0.3) is 5.56 Å². The molecule has 2 aromatic rings. The van der Waals surface area contributed by atoms with E-state index in [2.05, 4.69) is 11.1 Å². The predicted molar refractivity (Wildman–Crippen MR) is 92.3 cm³/mol. The molecular weight excluding hydrogens is 324 g/mol. The molecule has 1 atom stereocenters. The van der Waals surface area contributed by atoms with Gasteiger partial charge >= 0.3 is 11.7 Å². The van der Waals surface area contributed by atoms with Gasteiger partial charge in [-0.25, -0.2) is 9.78 Å². The topological polar surface area (TPSA) is 88.1 Å². The first kappa shape index (κ1) is 17.2. The maximum atomic E-state index is 12.5. The van der Waals surface area contributed by atoms with Crippen molar-refractivity contribution in [1.29, 1.82) is 0 Å². The van der Waals surface area contributed by atoms with E-state index in [1.807, 2.05) is 6.08 Å². The quantitative estimate of drug-likeness (QED) is 0.452. The fraction of sp³-hybridized carbons (Fsp3) is 0.529. The monoisotopic (exact) mass is 346 g/mol. The summed E-state index contributed by atoms with van der Waals surface area (Å²) in [7, 11) is 3.30. The number of nitrogens with zero attached hydrogens (tertiary/aromatic N) is 4. The smallest absolute Gasteiger partial charge is 0.332 e. The fourth-order valence-corrected chi connectivity index (χ4v) is 3.11. The van der Waals surface area contributed by atoms with Gasteiger partial charge in [0, 0.05) is 20.6 Å². The highest BCUT2D eigenvalue weighted by Crippen LogP contribution is 2.19. The molecule has 2 aromatic heterocycles. The molecule has 3 rings (SSSR count). The lowest BCUT2D eigenvalue weighted by molar-refractivity contribution is -0.148. The number of aromatic nitrogens is 4. The summed E-state index contributed by atoms with van der Waals surface area (Å²) in [5, 5.41) is 0. The Labute approximate surface area is 144 Å². The summed E-state index contributed by atoms with van der Waals surface area (Å²) in [5.74, 6) is -0.280. The van der Waals surface area contributed by atoms with Crippen LogP contribution in [0.25, 0.3) is 11.2 Å². The Bertz CT molecular complexity index is 934. The Hall–Kier alpha value is -2.64. The molecule has 1 aliphatic carbocycles. The first-order valence-corrected chi connectivity index (χ1v) is 8.43. The van der Waals surface area contributed by atoms with Crippen molar-refractivity contribution in [3.05, 3.63) is 39.3 Å². The highest BCUT2D eigenvalue weighted by Gasteiger charge is 2.20. The summed E-state index contributed by atoms with van der Waals surface area (Å²) in [4.78, 5) is 41.0. The molecule has 0 aliphatic heterocycles. The standard InChI is InChI=1S/C17H22N4O4/c1-19-11-18-14-13(19)15(22)21(17(24)20(14)2)9-6-10-25-16(23)12-7-4-3-5-8-12/h3-4,11-12H,5-10H2,1-2H3/t12-/m1/s1. The number of carbonyl (C=O) groups is 1. The van der Waals surface area contributed by atoms with Crippen molar-refractivity contribution in [3.63, 3.8) is 0 Å². The van der Waals surface area contributed by atoms with Crippen LogP contribution in [0.4, 0.5) is 0 Å². The number of ether oxygens (including phenoxy) is 1. The molecule has 8 heteroatoms. The Morgan fingerprint density at radius 2 is 2.12 bits per heavy atom. The SMILES string of the molecule is Cn1cnc2c1c(=O)n(CCCOC(=O)[C@@H]1CC=CCC1)c(=O)n2C. The molecular formula is C17H22N4O4. The molecule has 1 aliphatic rings. The maximum Gasteiger partial charge on any atom is 0.332 e. The van der Waals surface area contributed by atoms with Gasteiger partial charge in [0.05, 0.1) is 18.9 Å². The molecule has 0 aromatic carbocycles. The Balaban J connectivity index is 1.66. The summed E-state index contributed by atoms with van der Waals surface area (Å²) in [6, 6.07) is 0. The normalized spacial score (nSPS) is 17.1. The molecule has 0 N–H and O–H groups in total. The lowest BCUT2D eigenvalue weighted by Crippen LogP contribution is -2.39. The van der Waals surface area contributed by atoms with Gasteiger partial charge in [0.1, 0.15) is 0 Å². The highest BCUT2D eigenvalue weighted by atomic mass is 16.5. The van der Waals surface area contributed by atoms with Crippen molar-refractivity contribution in [2.45, 2.75) is 32.2 Å². The highest BCUT2D eigenvalue weighted by molar-refractivity contribution is 5.72. The van der Waals surface area contributed by atoms with E-state index in [4.69, 9.17) is 4.74 Å². The molecule has 0 bridgehead atoms. The van der Waals surface area contributed by atoms with Crippen LogP contribution in [-0.4, -0.2) is 31.3 Å². The van der Waals surface area contributed by atoms with Gasteiger partial charge in [-0.3, -0.25) is 18.7 Å². The van der Waals surface area contributed by atoms with Crippen LogP contribution in [0, 0.1) is 5.92 Å². The second kappa shape index (κ2) is 7.08. The zero-order valence-electron chi connectivity index (χ0n) is 14.5. The minimum Gasteiger partial charge on any atom is -0.465 e. The predicted octanol–water partition coefficient (Wildman–Crippen LogP) is 0.723. The first-order chi connectivity index (χ1) is 12.0. The third kappa shape index (κ3) is 3.29. The average Bonchev–Trinajstić information content (AvgIpc) is 3.01. The molecule has 0 radical (unpaired) electrons. The van der Waals surface area contributed by atoms with E-state index in [-0.39, 0.29) is 30.6 Å². The van der Waals surface area contributed by atoms with E-state index < -0.39 is 5.69 Å². The Morgan fingerprint density at radius 3 is 2.84 bits per heavy atom. The number of esters is 1. The molecule has 0 spiro atoms. The maximum absolute atomic E-state index is 12.5. The largest absolute Gasteiger partial charge is 0.465 e. The number of allylic oxidation sites excluding steroid dienone is 2. The number of hydrogen-bond acceptors (Lipinski definition) is 5. The molecule has 8 nitrogen and oxygen atoms in total. The average molecular weight is 346 g/mol. The minimum atomic E-state index is -0.417. The molecule has 134 valence electrons. The lowest BCUT2D eigenvalue weighted by Gasteiger charge is -2.16. The van der Waals surface area contributed by atoms with Crippen LogP contribution < -0.4 is 11.2 Å². The van der Waals surface area contributed by atoms with Crippen LogP contribution in [0.3, 0.4) is 0 Å². The summed E-state index contributed by atoms with van der Waals surface area (Å²) in [5.41, 5.74) is -0.0413. The number of aryl methyl sites for hydroxylation is 2. The zero-order valence-corrected chi connectivity index (χ0v) is 14.5. The second-order valence-corrected chi connectivity index (χ2v) is 6.33. The third-order valence-corrected chi connectivity index (χ3v) is 4.57. The summed E-state index contributed by atoms with van der Waals surface area (Å²) in [6.45, 7) is 0.391. The van der Waals surface area contributed by atoms with Crippen molar-refractivity contribution < 1.29 is 9.53 Å². The van der Waals surface area contributed by atoms with Crippen molar-refractivity contribution in [2.24, 2.45) is 20.0 Å². The minimum absolute atomic E-state index is 0.0774. The summed E-state index contributed by atoms with van der Waals surface area (Å²) >= 11 is 0. The molecule has 0 saturated carbocycles. The molecule has 2 heterocycles. The fourth-order valence-electron chi connectivity index (χ4n) is 3.11. The molecule has 0 fully saturated rings. The van der Waals surface area contributed by atoms with Crippen molar-refractivity contribution >= 4 is 17.1 Å². The van der Waals surface area contributed by atoms with Gasteiger partial charge in [-0.2, -0.15) is 0 Å². The van der Waals surface area contributed by atoms with Crippen LogP contribution in [0.15, 0.2) is 28.1 Å². The van der Waals surface area contributed by atoms with Gasteiger partial charge in [-0.15, -0.1) is 0 Å². The van der Waals surface area contributed by atoms with E-state index in [1.165, 1.54) is 15.5 Å². The first-order valence-electron chi connectivity index (χ1n) is 8.43. The number of rotatable bonds is 5. The van der Waals surface area contributed by atoms with Crippen LogP contribution in [0.1, 0.15) is 25.7 Å². The van der Waals surface area contributed by atoms with Crippen molar-refractivity contribution in [1.82, 2.24) is 18.7 Å². The van der Waals surface area contributed by atoms with E-state index in [0.29, 0.717) is 17.6 Å². The van der Waals surface area contributed by atoms with Gasteiger partial charge in [-0.1, -0.05) is 12.2 Å².